The average Bonchev–Trinajstić information content (AvgIpc) is 2.55. The fourth-order valence-corrected chi connectivity index (χ4v) is 3.73. The van der Waals surface area contributed by atoms with Gasteiger partial charge in [0, 0.05) is 32.1 Å². The SMILES string of the molecule is C1=CC2=[N+](CC1)C1CNCCCNCCNCCCN(C2)C1. The van der Waals surface area contributed by atoms with Gasteiger partial charge in [-0.2, -0.15) is 0 Å². The molecule has 0 radical (unpaired) electrons. The van der Waals surface area contributed by atoms with Crippen LogP contribution >= 0.6 is 0 Å². The van der Waals surface area contributed by atoms with Crippen molar-refractivity contribution in [1.29, 1.82) is 0 Å². The van der Waals surface area contributed by atoms with E-state index < -0.39 is 0 Å². The first kappa shape index (κ1) is 16.1. The van der Waals surface area contributed by atoms with Crippen LogP contribution in [0.1, 0.15) is 19.3 Å². The molecule has 2 unspecified atom stereocenters. The second-order valence-electron chi connectivity index (χ2n) is 6.68. The second kappa shape index (κ2) is 8.77. The van der Waals surface area contributed by atoms with E-state index in [0.717, 1.165) is 45.8 Å². The van der Waals surface area contributed by atoms with Crippen molar-refractivity contribution >= 4 is 5.71 Å². The molecular formula is C17H32N5+. The molecule has 3 rings (SSSR count). The normalized spacial score (nSPS) is 32.0. The molecule has 3 aliphatic rings. The van der Waals surface area contributed by atoms with E-state index >= 15 is 0 Å². The van der Waals surface area contributed by atoms with E-state index in [1.807, 2.05) is 0 Å². The van der Waals surface area contributed by atoms with Crippen molar-refractivity contribution in [3.05, 3.63) is 12.2 Å². The Morgan fingerprint density at radius 1 is 1.00 bits per heavy atom. The average molecular weight is 306 g/mol. The third-order valence-electron chi connectivity index (χ3n) is 4.90. The molecule has 0 saturated carbocycles. The van der Waals surface area contributed by atoms with Crippen LogP contribution in [0.25, 0.3) is 0 Å². The Labute approximate surface area is 134 Å². The lowest BCUT2D eigenvalue weighted by Crippen LogP contribution is -2.55. The maximum Gasteiger partial charge on any atom is 0.190 e. The zero-order valence-electron chi connectivity index (χ0n) is 13.8. The van der Waals surface area contributed by atoms with E-state index in [0.29, 0.717) is 6.04 Å². The highest BCUT2D eigenvalue weighted by molar-refractivity contribution is 5.93. The summed E-state index contributed by atoms with van der Waals surface area (Å²) in [6.07, 6.45) is 8.37. The predicted octanol–water partition coefficient (Wildman–Crippen LogP) is -0.353. The molecule has 3 N–H and O–H groups in total. The minimum Gasteiger partial charge on any atom is -0.315 e. The summed E-state index contributed by atoms with van der Waals surface area (Å²) in [6, 6.07) is 0.639. The van der Waals surface area contributed by atoms with Gasteiger partial charge in [0.2, 0.25) is 0 Å². The van der Waals surface area contributed by atoms with Gasteiger partial charge in [-0.05, 0) is 32.5 Å². The lowest BCUT2D eigenvalue weighted by Gasteiger charge is -2.32. The van der Waals surface area contributed by atoms with Gasteiger partial charge in [0.25, 0.3) is 0 Å². The Balaban J connectivity index is 1.62. The topological polar surface area (TPSA) is 42.3 Å². The molecule has 0 aromatic carbocycles. The summed E-state index contributed by atoms with van der Waals surface area (Å²) in [6.45, 7) is 11.4. The number of fused-ring (bicyclic) bond motifs is 3. The lowest BCUT2D eigenvalue weighted by atomic mass is 10.1. The highest BCUT2D eigenvalue weighted by atomic mass is 15.2. The van der Waals surface area contributed by atoms with E-state index in [9.17, 15) is 0 Å². The van der Waals surface area contributed by atoms with Crippen LogP contribution in [-0.4, -0.2) is 86.7 Å². The molecule has 0 aromatic heterocycles. The maximum atomic E-state index is 3.68. The summed E-state index contributed by atoms with van der Waals surface area (Å²) in [4.78, 5) is 2.65. The van der Waals surface area contributed by atoms with E-state index in [2.05, 4.69) is 37.6 Å². The standard InChI is InChI=1S/C17H32N5/c1-2-12-22-16(5-1)14-21-11-4-8-19-10-9-18-6-3-7-20-13-17(22)15-21/h1,5,17-20H,2-4,6-15H2/q+1. The number of hydrogen-bond acceptors (Lipinski definition) is 4. The predicted molar refractivity (Wildman–Crippen MR) is 92.0 cm³/mol. The molecule has 2 atom stereocenters. The molecule has 5 nitrogen and oxygen atoms in total. The number of nitrogens with one attached hydrogen (secondary N) is 3. The summed E-state index contributed by atoms with van der Waals surface area (Å²) in [5, 5.41) is 10.7. The first-order valence-corrected chi connectivity index (χ1v) is 9.07. The molecule has 0 spiro atoms. The van der Waals surface area contributed by atoms with Crippen molar-refractivity contribution in [3.63, 3.8) is 0 Å². The van der Waals surface area contributed by atoms with Crippen molar-refractivity contribution in [2.24, 2.45) is 0 Å². The van der Waals surface area contributed by atoms with Crippen LogP contribution in [0.5, 0.6) is 0 Å². The zero-order valence-corrected chi connectivity index (χ0v) is 13.8. The summed E-state index contributed by atoms with van der Waals surface area (Å²) in [5.41, 5.74) is 1.53. The van der Waals surface area contributed by atoms with E-state index in [1.54, 1.807) is 0 Å². The largest absolute Gasteiger partial charge is 0.315 e. The van der Waals surface area contributed by atoms with Crippen LogP contribution in [0.2, 0.25) is 0 Å². The smallest absolute Gasteiger partial charge is 0.190 e. The molecule has 22 heavy (non-hydrogen) atoms. The van der Waals surface area contributed by atoms with E-state index in [4.69, 9.17) is 0 Å². The van der Waals surface area contributed by atoms with Crippen molar-refractivity contribution in [2.75, 3.05) is 65.4 Å². The van der Waals surface area contributed by atoms with Crippen molar-refractivity contribution in [3.8, 4) is 0 Å². The van der Waals surface area contributed by atoms with Gasteiger partial charge in [-0.1, -0.05) is 6.08 Å². The van der Waals surface area contributed by atoms with Crippen LogP contribution in [0, 0.1) is 0 Å². The van der Waals surface area contributed by atoms with Gasteiger partial charge in [0.1, 0.15) is 6.54 Å². The van der Waals surface area contributed by atoms with Gasteiger partial charge >= 0.3 is 0 Å². The van der Waals surface area contributed by atoms with Gasteiger partial charge in [-0.3, -0.25) is 4.90 Å². The van der Waals surface area contributed by atoms with Gasteiger partial charge in [0.05, 0.1) is 19.6 Å². The number of nitrogens with zero attached hydrogens (tertiary/aromatic N) is 2. The molecule has 1 fully saturated rings. The van der Waals surface area contributed by atoms with Crippen molar-refractivity contribution in [2.45, 2.75) is 25.3 Å². The summed E-state index contributed by atoms with van der Waals surface area (Å²) < 4.78 is 2.65. The molecule has 2 bridgehead atoms. The van der Waals surface area contributed by atoms with Crippen LogP contribution in [0.4, 0.5) is 0 Å². The van der Waals surface area contributed by atoms with Gasteiger partial charge in [-0.15, -0.1) is 0 Å². The maximum absolute atomic E-state index is 3.68. The van der Waals surface area contributed by atoms with Gasteiger partial charge in [0.15, 0.2) is 11.8 Å². The fourth-order valence-electron chi connectivity index (χ4n) is 3.73. The minimum absolute atomic E-state index is 0.639. The van der Waals surface area contributed by atoms with Gasteiger partial charge in [-0.25, -0.2) is 4.58 Å². The van der Waals surface area contributed by atoms with Crippen LogP contribution in [-0.2, 0) is 0 Å². The lowest BCUT2D eigenvalue weighted by molar-refractivity contribution is -0.570. The summed E-state index contributed by atoms with van der Waals surface area (Å²) in [5.74, 6) is 0. The Bertz CT molecular complexity index is 404. The molecule has 5 heteroatoms. The number of hydrogen-bond donors (Lipinski definition) is 3. The number of rotatable bonds is 0. The van der Waals surface area contributed by atoms with Crippen molar-refractivity contribution < 1.29 is 4.58 Å². The Hall–Kier alpha value is -0.750. The highest BCUT2D eigenvalue weighted by Gasteiger charge is 2.33. The monoisotopic (exact) mass is 306 g/mol. The third kappa shape index (κ3) is 4.62. The third-order valence-corrected chi connectivity index (χ3v) is 4.90. The Morgan fingerprint density at radius 2 is 1.82 bits per heavy atom. The van der Waals surface area contributed by atoms with Crippen molar-refractivity contribution in [1.82, 2.24) is 20.9 Å². The molecule has 0 amide bonds. The minimum atomic E-state index is 0.639. The molecule has 3 heterocycles. The van der Waals surface area contributed by atoms with E-state index in [1.165, 1.54) is 44.6 Å². The van der Waals surface area contributed by atoms with Crippen LogP contribution in [0.3, 0.4) is 0 Å². The summed E-state index contributed by atoms with van der Waals surface area (Å²) >= 11 is 0. The molecule has 1 saturated heterocycles. The Morgan fingerprint density at radius 3 is 2.73 bits per heavy atom. The molecular weight excluding hydrogens is 274 g/mol. The molecule has 124 valence electrons. The van der Waals surface area contributed by atoms with Crippen LogP contribution in [0.15, 0.2) is 12.2 Å². The molecule has 3 aliphatic heterocycles. The second-order valence-corrected chi connectivity index (χ2v) is 6.68. The molecule has 0 aliphatic carbocycles. The highest BCUT2D eigenvalue weighted by Crippen LogP contribution is 2.11. The molecule has 0 aromatic rings. The first-order valence-electron chi connectivity index (χ1n) is 9.07. The van der Waals surface area contributed by atoms with Gasteiger partial charge < -0.3 is 16.0 Å². The Kier molecular flexibility index (Phi) is 6.43. The summed E-state index contributed by atoms with van der Waals surface area (Å²) in [7, 11) is 0. The first-order chi connectivity index (χ1) is 10.9. The quantitative estimate of drug-likeness (QED) is 0.535. The van der Waals surface area contributed by atoms with Crippen LogP contribution < -0.4 is 16.0 Å². The zero-order chi connectivity index (χ0) is 15.0. The van der Waals surface area contributed by atoms with E-state index in [-0.39, 0.29) is 0 Å². The fraction of sp³-hybridized carbons (Fsp3) is 0.824.